The first-order chi connectivity index (χ1) is 11.6. The van der Waals surface area contributed by atoms with Gasteiger partial charge in [-0.3, -0.25) is 4.68 Å². The highest BCUT2D eigenvalue weighted by molar-refractivity contribution is 6.31. The maximum absolute atomic E-state index is 9.80. The number of phenolic OH excluding ortho intramolecular Hbond substituents is 1. The van der Waals surface area contributed by atoms with Crippen molar-refractivity contribution < 1.29 is 5.11 Å². The van der Waals surface area contributed by atoms with Gasteiger partial charge in [0.15, 0.2) is 0 Å². The second-order valence-corrected chi connectivity index (χ2v) is 5.40. The first-order valence-electron chi connectivity index (χ1n) is 7.06. The van der Waals surface area contributed by atoms with E-state index in [1.54, 1.807) is 37.6 Å². The van der Waals surface area contributed by atoms with Crippen LogP contribution in [0.3, 0.4) is 0 Å². The van der Waals surface area contributed by atoms with Crippen LogP contribution in [0, 0.1) is 11.3 Å². The van der Waals surface area contributed by atoms with Gasteiger partial charge in [0.1, 0.15) is 18.0 Å². The molecule has 0 aliphatic carbocycles. The molecule has 3 aromatic rings. The van der Waals surface area contributed by atoms with Crippen LogP contribution < -0.4 is 5.32 Å². The molecule has 0 aliphatic rings. The van der Waals surface area contributed by atoms with Gasteiger partial charge in [0.25, 0.3) is 0 Å². The number of phenols is 1. The van der Waals surface area contributed by atoms with Crippen molar-refractivity contribution in [3.63, 3.8) is 0 Å². The lowest BCUT2D eigenvalue weighted by Crippen LogP contribution is -1.96. The highest BCUT2D eigenvalue weighted by Crippen LogP contribution is 2.33. The number of nitrogens with zero attached hydrogens (tertiary/aromatic N) is 5. The predicted molar refractivity (Wildman–Crippen MR) is 90.5 cm³/mol. The number of benzene rings is 1. The van der Waals surface area contributed by atoms with Crippen LogP contribution in [-0.2, 0) is 6.54 Å². The number of aromatic nitrogens is 4. The minimum atomic E-state index is 0.0388. The molecule has 120 valence electrons. The summed E-state index contributed by atoms with van der Waals surface area (Å²) in [4.78, 5) is 8.51. The second kappa shape index (κ2) is 6.56. The van der Waals surface area contributed by atoms with Crippen molar-refractivity contribution in [2.75, 3.05) is 12.4 Å². The number of nitrogens with one attached hydrogen (secondary N) is 1. The molecular weight excluding hydrogens is 328 g/mol. The van der Waals surface area contributed by atoms with E-state index in [1.165, 1.54) is 10.7 Å². The first kappa shape index (κ1) is 15.8. The number of halogens is 1. The van der Waals surface area contributed by atoms with Gasteiger partial charge in [-0.15, -0.1) is 0 Å². The van der Waals surface area contributed by atoms with E-state index in [0.29, 0.717) is 33.5 Å². The fourth-order valence-electron chi connectivity index (χ4n) is 2.32. The van der Waals surface area contributed by atoms with Crippen LogP contribution in [0.25, 0.3) is 22.5 Å². The predicted octanol–water partition coefficient (Wildman–Crippen LogP) is 2.93. The molecule has 0 saturated carbocycles. The molecule has 8 heteroatoms. The number of hydrogen-bond acceptors (Lipinski definition) is 6. The molecule has 2 aromatic heterocycles. The molecule has 1 aromatic carbocycles. The van der Waals surface area contributed by atoms with E-state index < -0.39 is 0 Å². The smallest absolute Gasteiger partial charge is 0.222 e. The maximum atomic E-state index is 9.80. The second-order valence-electron chi connectivity index (χ2n) is 4.96. The topological polar surface area (TPSA) is 99.7 Å². The Morgan fingerprint density at radius 3 is 2.92 bits per heavy atom. The molecule has 0 saturated heterocycles. The molecule has 0 radical (unpaired) electrons. The minimum Gasteiger partial charge on any atom is -0.508 e. The zero-order valence-electron chi connectivity index (χ0n) is 12.7. The van der Waals surface area contributed by atoms with Crippen molar-refractivity contribution in [1.82, 2.24) is 19.7 Å². The van der Waals surface area contributed by atoms with Crippen LogP contribution in [0.2, 0.25) is 5.02 Å². The summed E-state index contributed by atoms with van der Waals surface area (Å²) in [6, 6.07) is 8.51. The van der Waals surface area contributed by atoms with Crippen molar-refractivity contribution in [2.24, 2.45) is 0 Å². The molecule has 0 fully saturated rings. The number of rotatable bonds is 4. The Labute approximate surface area is 143 Å². The van der Waals surface area contributed by atoms with E-state index in [0.717, 1.165) is 0 Å². The number of nitriles is 1. The first-order valence-corrected chi connectivity index (χ1v) is 7.44. The lowest BCUT2D eigenvalue weighted by Gasteiger charge is -2.05. The van der Waals surface area contributed by atoms with Gasteiger partial charge in [-0.2, -0.15) is 10.4 Å². The summed E-state index contributed by atoms with van der Waals surface area (Å²) in [6.45, 7) is 0.101. The van der Waals surface area contributed by atoms with E-state index in [1.807, 2.05) is 0 Å². The summed E-state index contributed by atoms with van der Waals surface area (Å²) < 4.78 is 1.52. The third kappa shape index (κ3) is 3.14. The van der Waals surface area contributed by atoms with Gasteiger partial charge in [-0.25, -0.2) is 9.97 Å². The zero-order chi connectivity index (χ0) is 17.1. The Morgan fingerprint density at radius 1 is 1.38 bits per heavy atom. The molecular formula is C16H13ClN6O. The summed E-state index contributed by atoms with van der Waals surface area (Å²) in [5, 5.41) is 26.4. The molecule has 3 rings (SSSR count). The molecule has 2 heterocycles. The van der Waals surface area contributed by atoms with Crippen LogP contribution >= 0.6 is 11.6 Å². The summed E-state index contributed by atoms with van der Waals surface area (Å²) >= 11 is 6.03. The third-order valence-electron chi connectivity index (χ3n) is 3.31. The Morgan fingerprint density at radius 2 is 2.21 bits per heavy atom. The Kier molecular flexibility index (Phi) is 4.31. The SMILES string of the molecule is CNc1nccc(-c2cn(CC#N)nc2-c2cc(O)cc(Cl)c2)n1. The van der Waals surface area contributed by atoms with Gasteiger partial charge in [-0.1, -0.05) is 11.6 Å². The van der Waals surface area contributed by atoms with Crippen LogP contribution in [0.4, 0.5) is 5.95 Å². The largest absolute Gasteiger partial charge is 0.508 e. The molecule has 0 atom stereocenters. The summed E-state index contributed by atoms with van der Waals surface area (Å²) in [7, 11) is 1.73. The molecule has 7 nitrogen and oxygen atoms in total. The van der Waals surface area contributed by atoms with Crippen LogP contribution in [0.1, 0.15) is 0 Å². The summed E-state index contributed by atoms with van der Waals surface area (Å²) in [6.07, 6.45) is 3.37. The summed E-state index contributed by atoms with van der Waals surface area (Å²) in [5.74, 6) is 0.511. The molecule has 0 aliphatic heterocycles. The van der Waals surface area contributed by atoms with Crippen molar-refractivity contribution in [2.45, 2.75) is 6.54 Å². The highest BCUT2D eigenvalue weighted by atomic mass is 35.5. The normalized spacial score (nSPS) is 10.4. The van der Waals surface area contributed by atoms with Crippen LogP contribution in [0.15, 0.2) is 36.7 Å². The Hall–Kier alpha value is -3.11. The quantitative estimate of drug-likeness (QED) is 0.757. The third-order valence-corrected chi connectivity index (χ3v) is 3.52. The standard InChI is InChI=1S/C16H13ClN6O/c1-19-16-20-4-2-14(21-16)13-9-23(5-3-18)22-15(13)10-6-11(17)8-12(24)7-10/h2,4,6-9,24H,5H2,1H3,(H,19,20,21). The van der Waals surface area contributed by atoms with Crippen molar-refractivity contribution in [1.29, 1.82) is 5.26 Å². The van der Waals surface area contributed by atoms with Gasteiger partial charge in [0, 0.05) is 35.6 Å². The van der Waals surface area contributed by atoms with Crippen LogP contribution in [-0.4, -0.2) is 31.9 Å². The summed E-state index contributed by atoms with van der Waals surface area (Å²) in [5.41, 5.74) is 2.57. The fraction of sp³-hybridized carbons (Fsp3) is 0.125. The Balaban J connectivity index is 2.19. The van der Waals surface area contributed by atoms with E-state index in [2.05, 4.69) is 26.5 Å². The monoisotopic (exact) mass is 340 g/mol. The van der Waals surface area contributed by atoms with E-state index in [-0.39, 0.29) is 12.3 Å². The number of anilines is 1. The van der Waals surface area contributed by atoms with Crippen LogP contribution in [0.5, 0.6) is 5.75 Å². The van der Waals surface area contributed by atoms with Gasteiger partial charge >= 0.3 is 0 Å². The van der Waals surface area contributed by atoms with Gasteiger partial charge < -0.3 is 10.4 Å². The lowest BCUT2D eigenvalue weighted by molar-refractivity contribution is 0.475. The molecule has 0 unspecified atom stereocenters. The molecule has 2 N–H and O–H groups in total. The van der Waals surface area contributed by atoms with Crippen molar-refractivity contribution >= 4 is 17.5 Å². The van der Waals surface area contributed by atoms with Crippen molar-refractivity contribution in [3.8, 4) is 34.3 Å². The van der Waals surface area contributed by atoms with Gasteiger partial charge in [-0.05, 0) is 24.3 Å². The average Bonchev–Trinajstić information content (AvgIpc) is 2.98. The van der Waals surface area contributed by atoms with E-state index in [4.69, 9.17) is 16.9 Å². The van der Waals surface area contributed by atoms with Crippen molar-refractivity contribution in [3.05, 3.63) is 41.7 Å². The highest BCUT2D eigenvalue weighted by Gasteiger charge is 2.16. The molecule has 0 amide bonds. The molecule has 24 heavy (non-hydrogen) atoms. The lowest BCUT2D eigenvalue weighted by atomic mass is 10.1. The number of hydrogen-bond donors (Lipinski definition) is 2. The Bertz CT molecular complexity index is 910. The zero-order valence-corrected chi connectivity index (χ0v) is 13.5. The average molecular weight is 341 g/mol. The molecule has 0 bridgehead atoms. The van der Waals surface area contributed by atoms with E-state index in [9.17, 15) is 5.11 Å². The van der Waals surface area contributed by atoms with E-state index >= 15 is 0 Å². The minimum absolute atomic E-state index is 0.0388. The van der Waals surface area contributed by atoms with Gasteiger partial charge in [0.2, 0.25) is 5.95 Å². The number of aromatic hydroxyl groups is 1. The maximum Gasteiger partial charge on any atom is 0.222 e. The van der Waals surface area contributed by atoms with Gasteiger partial charge in [0.05, 0.1) is 11.8 Å². The fourth-order valence-corrected chi connectivity index (χ4v) is 2.54. The molecule has 0 spiro atoms.